The largest absolute Gasteiger partial charge is 0.504 e. The molecule has 0 aliphatic carbocycles. The number of phenols is 3. The molecule has 0 radical (unpaired) electrons. The van der Waals surface area contributed by atoms with E-state index in [2.05, 4.69) is 0 Å². The van der Waals surface area contributed by atoms with Crippen molar-refractivity contribution >= 4 is 11.9 Å². The first-order valence-corrected chi connectivity index (χ1v) is 9.93. The molecule has 11 nitrogen and oxygen atoms in total. The second kappa shape index (κ2) is 7.93. The zero-order valence-corrected chi connectivity index (χ0v) is 18.1. The number of aliphatic hydroxyl groups excluding tert-OH is 1. The summed E-state index contributed by atoms with van der Waals surface area (Å²) < 4.78 is 26.6. The summed E-state index contributed by atoms with van der Waals surface area (Å²) in [6.45, 7) is 3.02. The van der Waals surface area contributed by atoms with Crippen LogP contribution >= 0.6 is 0 Å². The number of phenolic OH excluding ortho intramolecular Hbond substituents is 3. The fourth-order valence-electron chi connectivity index (χ4n) is 4.06. The lowest BCUT2D eigenvalue weighted by atomic mass is 9.93. The molecule has 0 saturated carbocycles. The zero-order valence-electron chi connectivity index (χ0n) is 18.1. The number of ether oxygens (including phenoxy) is 5. The summed E-state index contributed by atoms with van der Waals surface area (Å²) in [5.74, 6) is -3.94. The summed E-state index contributed by atoms with van der Waals surface area (Å²) in [6, 6.07) is 2.52. The van der Waals surface area contributed by atoms with Gasteiger partial charge in [0.25, 0.3) is 0 Å². The monoisotopic (exact) mass is 462 g/mol. The van der Waals surface area contributed by atoms with Gasteiger partial charge in [0.05, 0.1) is 14.2 Å². The van der Waals surface area contributed by atoms with Gasteiger partial charge in [-0.2, -0.15) is 0 Å². The number of cyclic esters (lactones) is 2. The lowest BCUT2D eigenvalue weighted by Gasteiger charge is -2.33. The highest BCUT2D eigenvalue weighted by Gasteiger charge is 2.41. The molecule has 2 aliphatic heterocycles. The highest BCUT2D eigenvalue weighted by Crippen LogP contribution is 2.50. The molecule has 176 valence electrons. The molecule has 4 unspecified atom stereocenters. The number of hydrogen-bond acceptors (Lipinski definition) is 11. The molecule has 4 rings (SSSR count). The Labute approximate surface area is 187 Å². The smallest absolute Gasteiger partial charge is 0.342 e. The Morgan fingerprint density at radius 3 is 1.97 bits per heavy atom. The summed E-state index contributed by atoms with van der Waals surface area (Å²) >= 11 is 0. The molecule has 2 heterocycles. The van der Waals surface area contributed by atoms with Gasteiger partial charge in [-0.1, -0.05) is 0 Å². The van der Waals surface area contributed by atoms with Crippen LogP contribution in [0.5, 0.6) is 34.5 Å². The number of methoxy groups -OCH3 is 2. The van der Waals surface area contributed by atoms with Gasteiger partial charge in [-0.25, -0.2) is 9.59 Å². The average Bonchev–Trinajstić information content (AvgIpc) is 2.74. The molecule has 0 aromatic heterocycles. The Hall–Kier alpha value is -3.86. The van der Waals surface area contributed by atoms with E-state index in [-0.39, 0.29) is 39.5 Å². The molecule has 4 atom stereocenters. The van der Waals surface area contributed by atoms with Gasteiger partial charge in [-0.15, -0.1) is 0 Å². The normalized spacial score (nSPS) is 23.7. The molecule has 0 amide bonds. The minimum absolute atomic E-state index is 0.0631. The molecule has 11 heteroatoms. The maximum Gasteiger partial charge on any atom is 0.342 e. The molecule has 2 aromatic carbocycles. The van der Waals surface area contributed by atoms with Gasteiger partial charge in [-0.05, 0) is 26.0 Å². The van der Waals surface area contributed by atoms with Crippen LogP contribution in [0.1, 0.15) is 57.9 Å². The third-order valence-corrected chi connectivity index (χ3v) is 5.67. The molecule has 2 aliphatic rings. The minimum atomic E-state index is -1.25. The number of carbonyl (C=O) groups excluding carboxylic acids is 2. The molecule has 0 bridgehead atoms. The Morgan fingerprint density at radius 2 is 1.36 bits per heavy atom. The number of rotatable bonds is 4. The van der Waals surface area contributed by atoms with E-state index in [0.29, 0.717) is 0 Å². The molecular formula is C22H22O11. The Balaban J connectivity index is 1.87. The number of fused-ring (bicyclic) bond motifs is 2. The van der Waals surface area contributed by atoms with Gasteiger partial charge in [0.2, 0.25) is 11.5 Å². The van der Waals surface area contributed by atoms with Crippen LogP contribution in [0, 0.1) is 0 Å². The number of aromatic hydroxyl groups is 3. The van der Waals surface area contributed by atoms with Gasteiger partial charge in [0.1, 0.15) is 29.4 Å². The van der Waals surface area contributed by atoms with Crippen molar-refractivity contribution in [2.75, 3.05) is 14.2 Å². The van der Waals surface area contributed by atoms with Crippen molar-refractivity contribution in [1.82, 2.24) is 0 Å². The third kappa shape index (κ3) is 3.32. The van der Waals surface area contributed by atoms with E-state index < -0.39 is 53.6 Å². The van der Waals surface area contributed by atoms with Crippen molar-refractivity contribution in [2.45, 2.75) is 38.3 Å². The molecule has 0 spiro atoms. The third-order valence-electron chi connectivity index (χ3n) is 5.67. The maximum absolute atomic E-state index is 12.5. The van der Waals surface area contributed by atoms with E-state index in [9.17, 15) is 30.0 Å². The van der Waals surface area contributed by atoms with Gasteiger partial charge < -0.3 is 44.1 Å². The molecule has 4 N–H and O–H groups in total. The first-order valence-electron chi connectivity index (χ1n) is 9.93. The summed E-state index contributed by atoms with van der Waals surface area (Å²) in [7, 11) is 2.45. The summed E-state index contributed by atoms with van der Waals surface area (Å²) in [4.78, 5) is 24.8. The quantitative estimate of drug-likeness (QED) is 0.492. The summed E-state index contributed by atoms with van der Waals surface area (Å²) in [5, 5.41) is 41.9. The average molecular weight is 462 g/mol. The van der Waals surface area contributed by atoms with Gasteiger partial charge in [0.15, 0.2) is 29.1 Å². The van der Waals surface area contributed by atoms with E-state index in [1.807, 2.05) is 0 Å². The van der Waals surface area contributed by atoms with E-state index in [1.165, 1.54) is 40.2 Å². The van der Waals surface area contributed by atoms with Crippen molar-refractivity contribution in [3.63, 3.8) is 0 Å². The first-order chi connectivity index (χ1) is 15.6. The van der Waals surface area contributed by atoms with Crippen molar-refractivity contribution < 1.29 is 53.7 Å². The maximum atomic E-state index is 12.5. The lowest BCUT2D eigenvalue weighted by Crippen LogP contribution is -2.34. The zero-order chi connectivity index (χ0) is 24.2. The molecule has 2 aromatic rings. The van der Waals surface area contributed by atoms with Crippen LogP contribution in [-0.4, -0.2) is 58.8 Å². The van der Waals surface area contributed by atoms with Crippen molar-refractivity contribution in [3.05, 3.63) is 34.4 Å². The van der Waals surface area contributed by atoms with Crippen LogP contribution in [0.25, 0.3) is 0 Å². The van der Waals surface area contributed by atoms with Crippen molar-refractivity contribution in [1.29, 1.82) is 0 Å². The molecule has 33 heavy (non-hydrogen) atoms. The van der Waals surface area contributed by atoms with Gasteiger partial charge >= 0.3 is 11.9 Å². The van der Waals surface area contributed by atoms with E-state index in [0.717, 1.165) is 0 Å². The topological polar surface area (TPSA) is 161 Å². The minimum Gasteiger partial charge on any atom is -0.504 e. The molecule has 0 fully saturated rings. The molecular weight excluding hydrogens is 440 g/mol. The van der Waals surface area contributed by atoms with Crippen LogP contribution in [0.3, 0.4) is 0 Å². The van der Waals surface area contributed by atoms with Crippen LogP contribution < -0.4 is 14.2 Å². The first kappa shape index (κ1) is 22.3. The van der Waals surface area contributed by atoms with Crippen molar-refractivity contribution in [2.24, 2.45) is 0 Å². The molecule has 0 saturated heterocycles. The number of benzene rings is 2. The predicted molar refractivity (Wildman–Crippen MR) is 109 cm³/mol. The van der Waals surface area contributed by atoms with Crippen LogP contribution in [0.2, 0.25) is 0 Å². The number of hydrogen-bond donors (Lipinski definition) is 4. The SMILES string of the molecule is COc1c(O)cc2c(c1O)C(=O)OC(C)C2Oc1cc2c(c(O)c1OC)C(=O)OC(C)C2O. The summed E-state index contributed by atoms with van der Waals surface area (Å²) in [6.07, 6.45) is -4.09. The number of esters is 2. The number of aliphatic hydroxyl groups is 1. The fourth-order valence-corrected chi connectivity index (χ4v) is 4.06. The van der Waals surface area contributed by atoms with E-state index >= 15 is 0 Å². The highest BCUT2D eigenvalue weighted by atomic mass is 16.6. The highest BCUT2D eigenvalue weighted by molar-refractivity contribution is 5.98. The standard InChI is InChI=1S/C22H22O11/c1-7-15(24)9-6-12(20(30-4)17(26)13(9)21(27)31-7)33-18-8(2)32-22(28)14-10(18)5-11(23)19(29-3)16(14)25/h5-8,15,18,23-26H,1-4H3. The van der Waals surface area contributed by atoms with E-state index in [4.69, 9.17) is 23.7 Å². The Morgan fingerprint density at radius 1 is 0.818 bits per heavy atom. The Kier molecular flexibility index (Phi) is 5.36. The van der Waals surface area contributed by atoms with E-state index in [1.54, 1.807) is 0 Å². The predicted octanol–water partition coefficient (Wildman–Crippen LogP) is 2.09. The van der Waals surface area contributed by atoms with Gasteiger partial charge in [-0.3, -0.25) is 0 Å². The second-order valence-electron chi connectivity index (χ2n) is 7.67. The van der Waals surface area contributed by atoms with Crippen LogP contribution in [0.4, 0.5) is 0 Å². The van der Waals surface area contributed by atoms with Gasteiger partial charge in [0, 0.05) is 11.1 Å². The van der Waals surface area contributed by atoms with Crippen LogP contribution in [-0.2, 0) is 9.47 Å². The fraction of sp³-hybridized carbons (Fsp3) is 0.364. The lowest BCUT2D eigenvalue weighted by molar-refractivity contribution is -0.0231. The number of carbonyl (C=O) groups is 2. The van der Waals surface area contributed by atoms with Crippen molar-refractivity contribution in [3.8, 4) is 34.5 Å². The summed E-state index contributed by atoms with van der Waals surface area (Å²) in [5.41, 5.74) is -0.352. The Bertz CT molecular complexity index is 1160. The van der Waals surface area contributed by atoms with Crippen LogP contribution in [0.15, 0.2) is 12.1 Å². The second-order valence-corrected chi connectivity index (χ2v) is 7.67.